The maximum atomic E-state index is 12.0. The van der Waals surface area contributed by atoms with Gasteiger partial charge >= 0.3 is 5.97 Å². The Morgan fingerprint density at radius 3 is 2.48 bits per heavy atom. The van der Waals surface area contributed by atoms with Crippen molar-refractivity contribution < 1.29 is 14.3 Å². The standard InChI is InChI=1S/C16H24N2O3/c1-12(21-16(2,3)4)18-14(10-17)15(19)20-11-13-8-6-5-7-9-13/h5-9,14,18H,1,10-11,17H2,2-4H3/t14-/m0/s1. The van der Waals surface area contributed by atoms with Gasteiger partial charge in [-0.05, 0) is 32.9 Å². The number of nitrogens with two attached hydrogens (primary N) is 1. The molecule has 0 aromatic heterocycles. The summed E-state index contributed by atoms with van der Waals surface area (Å²) in [5.41, 5.74) is 6.13. The molecule has 0 radical (unpaired) electrons. The molecule has 1 atom stereocenters. The van der Waals surface area contributed by atoms with Crippen LogP contribution in [0.2, 0.25) is 0 Å². The van der Waals surface area contributed by atoms with Crippen molar-refractivity contribution in [3.8, 4) is 0 Å². The minimum absolute atomic E-state index is 0.0974. The summed E-state index contributed by atoms with van der Waals surface area (Å²) in [7, 11) is 0. The number of esters is 1. The molecular weight excluding hydrogens is 268 g/mol. The molecule has 0 bridgehead atoms. The van der Waals surface area contributed by atoms with E-state index in [0.29, 0.717) is 5.88 Å². The zero-order chi connectivity index (χ0) is 15.9. The SMILES string of the molecule is C=C(N[C@@H](CN)C(=O)OCc1ccccc1)OC(C)(C)C. The second kappa shape index (κ2) is 7.69. The molecule has 1 aromatic rings. The van der Waals surface area contributed by atoms with Gasteiger partial charge in [0.1, 0.15) is 18.2 Å². The zero-order valence-electron chi connectivity index (χ0n) is 12.9. The van der Waals surface area contributed by atoms with Crippen LogP contribution in [0, 0.1) is 0 Å². The predicted molar refractivity (Wildman–Crippen MR) is 82.2 cm³/mol. The van der Waals surface area contributed by atoms with Gasteiger partial charge in [0.2, 0.25) is 0 Å². The third kappa shape index (κ3) is 6.81. The highest BCUT2D eigenvalue weighted by Gasteiger charge is 2.21. The summed E-state index contributed by atoms with van der Waals surface area (Å²) in [6.45, 7) is 9.72. The van der Waals surface area contributed by atoms with Crippen molar-refractivity contribution in [3.05, 3.63) is 48.4 Å². The van der Waals surface area contributed by atoms with Crippen LogP contribution in [0.25, 0.3) is 0 Å². The zero-order valence-corrected chi connectivity index (χ0v) is 12.9. The Morgan fingerprint density at radius 2 is 1.95 bits per heavy atom. The van der Waals surface area contributed by atoms with Crippen LogP contribution in [-0.4, -0.2) is 24.2 Å². The average Bonchev–Trinajstić information content (AvgIpc) is 2.41. The summed E-state index contributed by atoms with van der Waals surface area (Å²) in [6, 6.07) is 8.79. The van der Waals surface area contributed by atoms with Gasteiger partial charge in [-0.1, -0.05) is 30.3 Å². The first-order valence-corrected chi connectivity index (χ1v) is 6.87. The molecule has 0 unspecified atom stereocenters. The van der Waals surface area contributed by atoms with Crippen LogP contribution in [0.5, 0.6) is 0 Å². The summed E-state index contributed by atoms with van der Waals surface area (Å²) in [4.78, 5) is 12.0. The van der Waals surface area contributed by atoms with Gasteiger partial charge in [0.15, 0.2) is 5.88 Å². The van der Waals surface area contributed by atoms with Crippen molar-refractivity contribution in [3.63, 3.8) is 0 Å². The molecule has 0 heterocycles. The number of rotatable bonds is 7. The van der Waals surface area contributed by atoms with Gasteiger partial charge in [0.25, 0.3) is 0 Å². The number of nitrogens with one attached hydrogen (secondary N) is 1. The topological polar surface area (TPSA) is 73.6 Å². The van der Waals surface area contributed by atoms with Gasteiger partial charge < -0.3 is 20.5 Å². The molecular formula is C16H24N2O3. The smallest absolute Gasteiger partial charge is 0.330 e. The summed E-state index contributed by atoms with van der Waals surface area (Å²) in [6.07, 6.45) is 0. The highest BCUT2D eigenvalue weighted by Crippen LogP contribution is 2.11. The summed E-state index contributed by atoms with van der Waals surface area (Å²) in [5.74, 6) is -0.130. The lowest BCUT2D eigenvalue weighted by Gasteiger charge is -2.25. The Labute approximate surface area is 126 Å². The number of ether oxygens (including phenoxy) is 2. The van der Waals surface area contributed by atoms with Crippen LogP contribution in [0.15, 0.2) is 42.8 Å². The maximum absolute atomic E-state index is 12.0. The van der Waals surface area contributed by atoms with Crippen molar-refractivity contribution >= 4 is 5.97 Å². The van der Waals surface area contributed by atoms with E-state index >= 15 is 0 Å². The summed E-state index contributed by atoms with van der Waals surface area (Å²) >= 11 is 0. The van der Waals surface area contributed by atoms with E-state index in [2.05, 4.69) is 11.9 Å². The molecule has 21 heavy (non-hydrogen) atoms. The van der Waals surface area contributed by atoms with Gasteiger partial charge in [-0.2, -0.15) is 0 Å². The minimum Gasteiger partial charge on any atom is -0.474 e. The van der Waals surface area contributed by atoms with Crippen LogP contribution < -0.4 is 11.1 Å². The van der Waals surface area contributed by atoms with E-state index < -0.39 is 17.6 Å². The average molecular weight is 292 g/mol. The van der Waals surface area contributed by atoms with Crippen LogP contribution in [0.1, 0.15) is 26.3 Å². The van der Waals surface area contributed by atoms with Gasteiger partial charge in [0.05, 0.1) is 0 Å². The second-order valence-corrected chi connectivity index (χ2v) is 5.66. The monoisotopic (exact) mass is 292 g/mol. The van der Waals surface area contributed by atoms with Crippen molar-refractivity contribution in [2.24, 2.45) is 5.73 Å². The molecule has 0 aliphatic heterocycles. The van der Waals surface area contributed by atoms with Crippen LogP contribution in [0.3, 0.4) is 0 Å². The largest absolute Gasteiger partial charge is 0.474 e. The number of carbonyl (C=O) groups excluding carboxylic acids is 1. The molecule has 1 aromatic carbocycles. The van der Waals surface area contributed by atoms with Crippen molar-refractivity contribution in [2.75, 3.05) is 6.54 Å². The first-order valence-electron chi connectivity index (χ1n) is 6.87. The van der Waals surface area contributed by atoms with Crippen LogP contribution in [0.4, 0.5) is 0 Å². The number of carbonyl (C=O) groups is 1. The predicted octanol–water partition coefficient (Wildman–Crippen LogP) is 1.93. The van der Waals surface area contributed by atoms with Gasteiger partial charge in [-0.3, -0.25) is 0 Å². The lowest BCUT2D eigenvalue weighted by atomic mass is 10.2. The molecule has 0 saturated heterocycles. The Hall–Kier alpha value is -2.01. The van der Waals surface area contributed by atoms with E-state index in [1.807, 2.05) is 51.1 Å². The molecule has 5 nitrogen and oxygen atoms in total. The third-order valence-electron chi connectivity index (χ3n) is 2.51. The van der Waals surface area contributed by atoms with Crippen LogP contribution in [-0.2, 0) is 20.9 Å². The van der Waals surface area contributed by atoms with Crippen molar-refractivity contribution in [1.29, 1.82) is 0 Å². The van der Waals surface area contributed by atoms with Gasteiger partial charge in [-0.25, -0.2) is 4.79 Å². The molecule has 5 heteroatoms. The fraction of sp³-hybridized carbons (Fsp3) is 0.438. The van der Waals surface area contributed by atoms with Gasteiger partial charge in [0, 0.05) is 6.54 Å². The number of hydrogen-bond donors (Lipinski definition) is 2. The Kier molecular flexibility index (Phi) is 6.24. The third-order valence-corrected chi connectivity index (χ3v) is 2.51. The molecule has 3 N–H and O–H groups in total. The van der Waals surface area contributed by atoms with Crippen molar-refractivity contribution in [2.45, 2.75) is 39.0 Å². The van der Waals surface area contributed by atoms with E-state index in [0.717, 1.165) is 5.56 Å². The van der Waals surface area contributed by atoms with E-state index in [9.17, 15) is 4.79 Å². The lowest BCUT2D eigenvalue weighted by Crippen LogP contribution is -2.44. The Morgan fingerprint density at radius 1 is 1.33 bits per heavy atom. The minimum atomic E-state index is -0.677. The fourth-order valence-electron chi connectivity index (χ4n) is 1.64. The molecule has 0 aliphatic carbocycles. The van der Waals surface area contributed by atoms with Crippen molar-refractivity contribution in [1.82, 2.24) is 5.32 Å². The first kappa shape index (κ1) is 17.0. The quantitative estimate of drug-likeness (QED) is 0.593. The fourth-order valence-corrected chi connectivity index (χ4v) is 1.64. The van der Waals surface area contributed by atoms with E-state index in [1.165, 1.54) is 0 Å². The molecule has 116 valence electrons. The second-order valence-electron chi connectivity index (χ2n) is 5.66. The Balaban J connectivity index is 2.48. The van der Waals surface area contributed by atoms with E-state index in [4.69, 9.17) is 15.2 Å². The molecule has 0 fully saturated rings. The first-order chi connectivity index (χ1) is 9.81. The molecule has 0 amide bonds. The normalized spacial score (nSPS) is 12.4. The lowest BCUT2D eigenvalue weighted by molar-refractivity contribution is -0.147. The number of benzene rings is 1. The van der Waals surface area contributed by atoms with E-state index in [-0.39, 0.29) is 13.2 Å². The molecule has 0 spiro atoms. The molecule has 0 saturated carbocycles. The summed E-state index contributed by atoms with van der Waals surface area (Å²) < 4.78 is 10.7. The molecule has 0 aliphatic rings. The highest BCUT2D eigenvalue weighted by atomic mass is 16.5. The van der Waals surface area contributed by atoms with Crippen LogP contribution >= 0.6 is 0 Å². The highest BCUT2D eigenvalue weighted by molar-refractivity contribution is 5.76. The number of hydrogen-bond acceptors (Lipinski definition) is 5. The Bertz CT molecular complexity index is 466. The van der Waals surface area contributed by atoms with E-state index in [1.54, 1.807) is 0 Å². The summed E-state index contributed by atoms with van der Waals surface area (Å²) in [5, 5.41) is 2.84. The molecule has 1 rings (SSSR count). The maximum Gasteiger partial charge on any atom is 0.330 e. The van der Waals surface area contributed by atoms with Gasteiger partial charge in [-0.15, -0.1) is 0 Å².